The predicted octanol–water partition coefficient (Wildman–Crippen LogP) is 0.00470. The fourth-order valence-corrected chi connectivity index (χ4v) is 4.33. The molecule has 7 atom stereocenters. The molecule has 2 heterocycles. The van der Waals surface area contributed by atoms with E-state index in [1.807, 2.05) is 13.8 Å². The monoisotopic (exact) mass is 431 g/mol. The van der Waals surface area contributed by atoms with E-state index in [0.29, 0.717) is 6.42 Å². The molecule has 0 amide bonds. The number of hydrogen-bond acceptors (Lipinski definition) is 9. The van der Waals surface area contributed by atoms with Gasteiger partial charge in [-0.25, -0.2) is 0 Å². The Hall–Kier alpha value is 0.0399. The molecular weight excluding hydrogens is 401 g/mol. The third-order valence-electron chi connectivity index (χ3n) is 4.68. The average Bonchev–Trinajstić information content (AvgIpc) is 3.09. The van der Waals surface area contributed by atoms with Crippen LogP contribution in [0.5, 0.6) is 0 Å². The molecule has 2 aliphatic heterocycles. The zero-order valence-corrected chi connectivity index (χ0v) is 18.3. The summed E-state index contributed by atoms with van der Waals surface area (Å²) in [5, 5.41) is 9.84. The summed E-state index contributed by atoms with van der Waals surface area (Å²) in [6.07, 6.45) is -1.83. The van der Waals surface area contributed by atoms with Gasteiger partial charge in [-0.15, -0.1) is 0 Å². The molecule has 2 aliphatic rings. The smallest absolute Gasteiger partial charge is 0.268 e. The number of aliphatic hydroxyl groups excluding tert-OH is 1. The minimum atomic E-state index is -4.77. The van der Waals surface area contributed by atoms with Gasteiger partial charge in [0.15, 0.2) is 0 Å². The summed E-state index contributed by atoms with van der Waals surface area (Å²) in [7, 11) is 6.81. The van der Waals surface area contributed by atoms with E-state index in [-0.39, 0.29) is 37.9 Å². The highest BCUT2D eigenvalue weighted by molar-refractivity contribution is 7.45. The van der Waals surface area contributed by atoms with E-state index in [1.165, 1.54) is 0 Å². The van der Waals surface area contributed by atoms with E-state index in [1.54, 1.807) is 13.8 Å². The molecule has 2 fully saturated rings. The molecule has 164 valence electrons. The molecule has 2 saturated heterocycles. The van der Waals surface area contributed by atoms with Crippen molar-refractivity contribution >= 4 is 23.5 Å². The van der Waals surface area contributed by atoms with E-state index in [4.69, 9.17) is 43.7 Å². The van der Waals surface area contributed by atoms with Crippen molar-refractivity contribution in [2.24, 2.45) is 0 Å². The highest BCUT2D eigenvalue weighted by Gasteiger charge is 2.50. The summed E-state index contributed by atoms with van der Waals surface area (Å²) in [4.78, 5) is 12.4. The van der Waals surface area contributed by atoms with E-state index < -0.39 is 44.2 Å². The van der Waals surface area contributed by atoms with Crippen molar-refractivity contribution in [3.05, 3.63) is 0 Å². The number of aliphatic hydroxyl groups is 1. The highest BCUT2D eigenvalue weighted by Crippen LogP contribution is 2.46. The van der Waals surface area contributed by atoms with Gasteiger partial charge in [-0.1, -0.05) is 0 Å². The Morgan fingerprint density at radius 1 is 1.21 bits per heavy atom. The van der Waals surface area contributed by atoms with E-state index in [2.05, 4.69) is 0 Å². The van der Waals surface area contributed by atoms with Crippen LogP contribution in [0.1, 0.15) is 40.5 Å². The van der Waals surface area contributed by atoms with Crippen LogP contribution >= 0.6 is 7.82 Å². The van der Waals surface area contributed by atoms with Crippen LogP contribution < -0.4 is 4.89 Å². The standard InChI is InChI=1S/C17H31B2O9P/c1-10(2)23-9-17(8-20)14(6-16(19)27-17)28-29(21,22)24-7-13-12(25-11(3)4)5-15(18)26-13/h10-16,20H,5-9H2,1-4H3,(H,21,22)/p-1. The van der Waals surface area contributed by atoms with Gasteiger partial charge in [-0.2, -0.15) is 0 Å². The van der Waals surface area contributed by atoms with Gasteiger partial charge in [0.25, 0.3) is 7.82 Å². The SMILES string of the molecule is [B]C1CC(OC(C)C)C(COP(=O)([O-])OC2CC([B])OC2(CO)COC(C)C)O1. The summed E-state index contributed by atoms with van der Waals surface area (Å²) in [6, 6.07) is -1.36. The molecule has 0 spiro atoms. The van der Waals surface area contributed by atoms with Crippen LogP contribution in [0.2, 0.25) is 0 Å². The molecule has 0 saturated carbocycles. The molecule has 0 aliphatic carbocycles. The van der Waals surface area contributed by atoms with Crippen molar-refractivity contribution in [3.8, 4) is 0 Å². The largest absolute Gasteiger partial charge is 0.756 e. The topological polar surface area (TPSA) is 116 Å². The molecular formula is C17H30B2O9P-. The van der Waals surface area contributed by atoms with Gasteiger partial charge < -0.3 is 38.0 Å². The Morgan fingerprint density at radius 2 is 1.90 bits per heavy atom. The molecule has 29 heavy (non-hydrogen) atoms. The van der Waals surface area contributed by atoms with Crippen molar-refractivity contribution in [3.63, 3.8) is 0 Å². The molecule has 0 aromatic heterocycles. The third kappa shape index (κ3) is 7.30. The van der Waals surface area contributed by atoms with Crippen LogP contribution in [-0.2, 0) is 32.6 Å². The maximum atomic E-state index is 12.4. The number of ether oxygens (including phenoxy) is 4. The molecule has 0 aromatic rings. The summed E-state index contributed by atoms with van der Waals surface area (Å²) >= 11 is 0. The normalized spacial score (nSPS) is 37.4. The van der Waals surface area contributed by atoms with Crippen LogP contribution in [0.15, 0.2) is 0 Å². The molecule has 9 nitrogen and oxygen atoms in total. The first-order valence-electron chi connectivity index (χ1n) is 9.82. The number of phosphoric ester groups is 1. The summed E-state index contributed by atoms with van der Waals surface area (Å²) in [5.41, 5.74) is -1.40. The number of hydrogen-bond donors (Lipinski definition) is 1. The maximum Gasteiger partial charge on any atom is 0.268 e. The lowest BCUT2D eigenvalue weighted by atomic mass is 9.93. The summed E-state index contributed by atoms with van der Waals surface area (Å²) < 4.78 is 45.0. The summed E-state index contributed by atoms with van der Waals surface area (Å²) in [6.45, 7) is 6.42. The molecule has 0 aromatic carbocycles. The zero-order chi connectivity index (χ0) is 21.8. The average molecular weight is 431 g/mol. The second-order valence-electron chi connectivity index (χ2n) is 7.98. The van der Waals surface area contributed by atoms with Crippen LogP contribution in [0, 0.1) is 0 Å². The van der Waals surface area contributed by atoms with Crippen molar-refractivity contribution < 1.29 is 42.6 Å². The van der Waals surface area contributed by atoms with Gasteiger partial charge in [0, 0.05) is 12.0 Å². The second kappa shape index (κ2) is 10.6. The van der Waals surface area contributed by atoms with Gasteiger partial charge in [0.2, 0.25) is 0 Å². The Kier molecular flexibility index (Phi) is 9.22. The lowest BCUT2D eigenvalue weighted by molar-refractivity contribution is -0.240. The first-order valence-corrected chi connectivity index (χ1v) is 11.3. The molecule has 4 radical (unpaired) electrons. The lowest BCUT2D eigenvalue weighted by Gasteiger charge is -2.36. The highest BCUT2D eigenvalue weighted by atomic mass is 31.2. The van der Waals surface area contributed by atoms with E-state index >= 15 is 0 Å². The van der Waals surface area contributed by atoms with Gasteiger partial charge in [-0.3, -0.25) is 4.57 Å². The predicted molar refractivity (Wildman–Crippen MR) is 104 cm³/mol. The van der Waals surface area contributed by atoms with Crippen molar-refractivity contribution in [1.29, 1.82) is 0 Å². The van der Waals surface area contributed by atoms with E-state index in [9.17, 15) is 14.6 Å². The van der Waals surface area contributed by atoms with Crippen molar-refractivity contribution in [1.82, 2.24) is 0 Å². The van der Waals surface area contributed by atoms with Crippen LogP contribution in [0.4, 0.5) is 0 Å². The van der Waals surface area contributed by atoms with Crippen LogP contribution in [-0.4, -0.2) is 88.7 Å². The fraction of sp³-hybridized carbons (Fsp3) is 1.00. The minimum Gasteiger partial charge on any atom is -0.756 e. The number of phosphoric acid groups is 1. The van der Waals surface area contributed by atoms with Gasteiger partial charge in [0.05, 0.1) is 38.1 Å². The first-order chi connectivity index (χ1) is 13.5. The maximum absolute atomic E-state index is 12.4. The molecule has 7 unspecified atom stereocenters. The Morgan fingerprint density at radius 3 is 2.48 bits per heavy atom. The second-order valence-corrected chi connectivity index (χ2v) is 9.35. The van der Waals surface area contributed by atoms with Crippen molar-refractivity contribution in [2.45, 2.75) is 88.7 Å². The fourth-order valence-electron chi connectivity index (χ4n) is 3.35. The van der Waals surface area contributed by atoms with Gasteiger partial charge >= 0.3 is 0 Å². The first kappa shape index (κ1) is 25.3. The summed E-state index contributed by atoms with van der Waals surface area (Å²) in [5.74, 6) is 0. The number of rotatable bonds is 11. The van der Waals surface area contributed by atoms with Crippen molar-refractivity contribution in [2.75, 3.05) is 19.8 Å². The Balaban J connectivity index is 1.98. The zero-order valence-electron chi connectivity index (χ0n) is 17.4. The molecule has 1 N–H and O–H groups in total. The van der Waals surface area contributed by atoms with E-state index in [0.717, 1.165) is 0 Å². The molecule has 2 rings (SSSR count). The van der Waals surface area contributed by atoms with Crippen LogP contribution in [0.3, 0.4) is 0 Å². The quantitative estimate of drug-likeness (QED) is 0.357. The van der Waals surface area contributed by atoms with Gasteiger partial charge in [-0.05, 0) is 40.5 Å². The Labute approximate surface area is 175 Å². The minimum absolute atomic E-state index is 0.0570. The van der Waals surface area contributed by atoms with Gasteiger partial charge in [0.1, 0.15) is 33.5 Å². The third-order valence-corrected chi connectivity index (χ3v) is 5.65. The Bertz CT molecular complexity index is 567. The molecule has 12 heteroatoms. The molecule has 0 bridgehead atoms. The lowest BCUT2D eigenvalue weighted by Crippen LogP contribution is -2.49. The van der Waals surface area contributed by atoms with Crippen LogP contribution in [0.25, 0.3) is 0 Å².